The number of amides is 1. The van der Waals surface area contributed by atoms with E-state index >= 15 is 0 Å². The van der Waals surface area contributed by atoms with Crippen LogP contribution in [0.5, 0.6) is 5.75 Å². The van der Waals surface area contributed by atoms with Crippen molar-refractivity contribution in [1.29, 1.82) is 0 Å². The average Bonchev–Trinajstić information content (AvgIpc) is 3.58. The summed E-state index contributed by atoms with van der Waals surface area (Å²) in [5.41, 5.74) is 6.91. The zero-order valence-electron chi connectivity index (χ0n) is 19.2. The maximum absolute atomic E-state index is 14.1. The topological polar surface area (TPSA) is 83.0 Å². The number of halogens is 1. The van der Waals surface area contributed by atoms with Gasteiger partial charge in [-0.15, -0.1) is 10.2 Å². The second kappa shape index (κ2) is 9.78. The summed E-state index contributed by atoms with van der Waals surface area (Å²) in [5.74, 6) is 2.99. The van der Waals surface area contributed by atoms with E-state index < -0.39 is 5.91 Å². The molecular weight excluding hydrogens is 451 g/mol. The van der Waals surface area contributed by atoms with Crippen LogP contribution in [0, 0.1) is 23.6 Å². The van der Waals surface area contributed by atoms with Crippen molar-refractivity contribution >= 4 is 17.7 Å². The Balaban J connectivity index is 1.36. The zero-order chi connectivity index (χ0) is 23.7. The van der Waals surface area contributed by atoms with Gasteiger partial charge >= 0.3 is 0 Å². The third-order valence-electron chi connectivity index (χ3n) is 7.35. The van der Waals surface area contributed by atoms with Gasteiger partial charge < -0.3 is 10.5 Å². The minimum absolute atomic E-state index is 0.160. The molecule has 2 aliphatic rings. The molecule has 1 amide bonds. The van der Waals surface area contributed by atoms with Gasteiger partial charge in [0.25, 0.3) is 0 Å². The first-order valence-electron chi connectivity index (χ1n) is 11.8. The summed E-state index contributed by atoms with van der Waals surface area (Å²) in [6.45, 7) is 2.42. The molecule has 0 aliphatic heterocycles. The first-order chi connectivity index (χ1) is 16.5. The number of primary amides is 1. The van der Waals surface area contributed by atoms with Gasteiger partial charge in [-0.1, -0.05) is 42.4 Å². The number of para-hydroxylation sites is 1. The Hall–Kier alpha value is -2.87. The van der Waals surface area contributed by atoms with E-state index in [2.05, 4.69) is 21.7 Å². The third kappa shape index (κ3) is 4.69. The van der Waals surface area contributed by atoms with Crippen LogP contribution in [0.4, 0.5) is 4.39 Å². The molecule has 2 aliphatic carbocycles. The average molecular weight is 481 g/mol. The van der Waals surface area contributed by atoms with Gasteiger partial charge in [0.2, 0.25) is 5.91 Å². The first-order valence-corrected chi connectivity index (χ1v) is 12.8. The van der Waals surface area contributed by atoms with E-state index in [0.29, 0.717) is 23.1 Å². The number of benzene rings is 2. The Bertz CT molecular complexity index is 1170. The van der Waals surface area contributed by atoms with Gasteiger partial charge in [-0.3, -0.25) is 9.36 Å². The lowest BCUT2D eigenvalue weighted by molar-refractivity contribution is 0.100. The van der Waals surface area contributed by atoms with Crippen molar-refractivity contribution in [3.63, 3.8) is 0 Å². The van der Waals surface area contributed by atoms with Crippen LogP contribution in [-0.4, -0.2) is 20.7 Å². The fraction of sp³-hybridized carbons (Fsp3) is 0.423. The lowest BCUT2D eigenvalue weighted by atomic mass is 9.84. The SMILES string of the molecule is CC(C1CC2CCC1C2)n1c(COc2ccccc2F)nnc1SCc1ccc(C(N)=O)cc1. The van der Waals surface area contributed by atoms with Crippen molar-refractivity contribution < 1.29 is 13.9 Å². The van der Waals surface area contributed by atoms with Crippen molar-refractivity contribution in [3.8, 4) is 5.75 Å². The molecule has 2 aromatic carbocycles. The molecule has 0 saturated heterocycles. The molecule has 2 saturated carbocycles. The number of aromatic nitrogens is 3. The number of thioether (sulfide) groups is 1. The van der Waals surface area contributed by atoms with Crippen LogP contribution >= 0.6 is 11.8 Å². The molecular formula is C26H29FN4O2S. The predicted octanol–water partition coefficient (Wildman–Crippen LogP) is 5.38. The summed E-state index contributed by atoms with van der Waals surface area (Å²) < 4.78 is 22.1. The van der Waals surface area contributed by atoms with Gasteiger partial charge in [0.1, 0.15) is 6.61 Å². The quantitative estimate of drug-likeness (QED) is 0.416. The van der Waals surface area contributed by atoms with Gasteiger partial charge in [0.05, 0.1) is 0 Å². The second-order valence-corrected chi connectivity index (χ2v) is 10.4. The van der Waals surface area contributed by atoms with E-state index in [1.807, 2.05) is 12.1 Å². The lowest BCUT2D eigenvalue weighted by Gasteiger charge is -2.30. The summed E-state index contributed by atoms with van der Waals surface area (Å²) in [6, 6.07) is 14.0. The van der Waals surface area contributed by atoms with E-state index in [1.165, 1.54) is 31.7 Å². The smallest absolute Gasteiger partial charge is 0.248 e. The molecule has 8 heteroatoms. The van der Waals surface area contributed by atoms with Crippen molar-refractivity contribution in [3.05, 3.63) is 71.3 Å². The number of nitrogens with two attached hydrogens (primary N) is 1. The fourth-order valence-electron chi connectivity index (χ4n) is 5.61. The second-order valence-electron chi connectivity index (χ2n) is 9.42. The number of fused-ring (bicyclic) bond motifs is 2. The largest absolute Gasteiger partial charge is 0.483 e. The molecule has 3 aromatic rings. The van der Waals surface area contributed by atoms with Crippen molar-refractivity contribution in [1.82, 2.24) is 14.8 Å². The summed E-state index contributed by atoms with van der Waals surface area (Å²) in [7, 11) is 0. The highest BCUT2D eigenvalue weighted by Crippen LogP contribution is 2.52. The third-order valence-corrected chi connectivity index (χ3v) is 8.37. The molecule has 2 fully saturated rings. The molecule has 1 heterocycles. The van der Waals surface area contributed by atoms with E-state index in [4.69, 9.17) is 10.5 Å². The molecule has 178 valence electrons. The van der Waals surface area contributed by atoms with E-state index in [1.54, 1.807) is 42.1 Å². The van der Waals surface area contributed by atoms with Gasteiger partial charge in [0, 0.05) is 17.4 Å². The minimum Gasteiger partial charge on any atom is -0.483 e. The highest BCUT2D eigenvalue weighted by molar-refractivity contribution is 7.98. The lowest BCUT2D eigenvalue weighted by Crippen LogP contribution is -2.24. The van der Waals surface area contributed by atoms with E-state index in [0.717, 1.165) is 22.6 Å². The summed E-state index contributed by atoms with van der Waals surface area (Å²) >= 11 is 1.61. The zero-order valence-corrected chi connectivity index (χ0v) is 20.0. The number of ether oxygens (including phenoxy) is 1. The molecule has 6 nitrogen and oxygen atoms in total. The van der Waals surface area contributed by atoms with Crippen LogP contribution in [0.2, 0.25) is 0 Å². The Morgan fingerprint density at radius 3 is 2.65 bits per heavy atom. The number of carbonyl (C=O) groups excluding carboxylic acids is 1. The van der Waals surface area contributed by atoms with E-state index in [9.17, 15) is 9.18 Å². The van der Waals surface area contributed by atoms with Gasteiger partial charge in [-0.2, -0.15) is 0 Å². The van der Waals surface area contributed by atoms with Gasteiger partial charge in [-0.05, 0) is 73.8 Å². The molecule has 2 bridgehead atoms. The molecule has 0 spiro atoms. The molecule has 4 unspecified atom stereocenters. The van der Waals surface area contributed by atoms with Crippen LogP contribution in [0.25, 0.3) is 0 Å². The molecule has 1 aromatic heterocycles. The van der Waals surface area contributed by atoms with Crippen LogP contribution in [0.3, 0.4) is 0 Å². The molecule has 0 radical (unpaired) electrons. The minimum atomic E-state index is -0.432. The molecule has 34 heavy (non-hydrogen) atoms. The number of hydrogen-bond donors (Lipinski definition) is 1. The van der Waals surface area contributed by atoms with Crippen LogP contribution in [0.15, 0.2) is 53.7 Å². The van der Waals surface area contributed by atoms with Crippen molar-refractivity contribution in [2.45, 2.75) is 56.2 Å². The van der Waals surface area contributed by atoms with E-state index in [-0.39, 0.29) is 24.2 Å². The van der Waals surface area contributed by atoms with Crippen molar-refractivity contribution in [2.75, 3.05) is 0 Å². The molecule has 2 N–H and O–H groups in total. The summed E-state index contributed by atoms with van der Waals surface area (Å²) in [4.78, 5) is 11.3. The Kier molecular flexibility index (Phi) is 6.59. The summed E-state index contributed by atoms with van der Waals surface area (Å²) in [6.07, 6.45) is 5.23. The Labute approximate surface area is 203 Å². The summed E-state index contributed by atoms with van der Waals surface area (Å²) in [5, 5.41) is 9.78. The first kappa shape index (κ1) is 22.9. The van der Waals surface area contributed by atoms with Crippen molar-refractivity contribution in [2.24, 2.45) is 23.5 Å². The normalized spacial score (nSPS) is 22.1. The monoisotopic (exact) mass is 480 g/mol. The number of hydrogen-bond acceptors (Lipinski definition) is 5. The predicted molar refractivity (Wildman–Crippen MR) is 129 cm³/mol. The van der Waals surface area contributed by atoms with Gasteiger partial charge in [-0.25, -0.2) is 4.39 Å². The standard InChI is InChI=1S/C26H29FN4O2S/c1-16(21-13-18-8-11-20(21)12-18)31-24(14-33-23-5-3-2-4-22(23)27)29-30-26(31)34-15-17-6-9-19(10-7-17)25(28)32/h2-7,9-10,16,18,20-21H,8,11-15H2,1H3,(H2,28,32). The maximum atomic E-state index is 14.1. The number of nitrogens with zero attached hydrogens (tertiary/aromatic N) is 3. The molecule has 4 atom stereocenters. The Morgan fingerprint density at radius 1 is 1.18 bits per heavy atom. The fourth-order valence-corrected chi connectivity index (χ4v) is 6.60. The number of carbonyl (C=O) groups is 1. The van der Waals surface area contributed by atoms with Crippen LogP contribution < -0.4 is 10.5 Å². The van der Waals surface area contributed by atoms with Gasteiger partial charge in [0.15, 0.2) is 22.5 Å². The Morgan fingerprint density at radius 2 is 1.97 bits per heavy atom. The molecule has 5 rings (SSSR count). The number of rotatable bonds is 9. The van der Waals surface area contributed by atoms with Crippen LogP contribution in [-0.2, 0) is 12.4 Å². The highest BCUT2D eigenvalue weighted by Gasteiger charge is 2.43. The van der Waals surface area contributed by atoms with Crippen LogP contribution in [0.1, 0.15) is 60.4 Å². The highest BCUT2D eigenvalue weighted by atomic mass is 32.2. The maximum Gasteiger partial charge on any atom is 0.248 e.